The monoisotopic (exact) mass is 287 g/mol. The molecule has 0 aliphatic heterocycles. The van der Waals surface area contributed by atoms with Gasteiger partial charge in [-0.1, -0.05) is 20.8 Å². The summed E-state index contributed by atoms with van der Waals surface area (Å²) in [5.41, 5.74) is 5.94. The molecule has 0 fully saturated rings. The lowest BCUT2D eigenvalue weighted by atomic mass is 10.1. The molecule has 0 aliphatic carbocycles. The summed E-state index contributed by atoms with van der Waals surface area (Å²) in [4.78, 5) is 0. The predicted octanol–water partition coefficient (Wildman–Crippen LogP) is 3.95. The van der Waals surface area contributed by atoms with Gasteiger partial charge >= 0.3 is 0 Å². The number of hydrogen-bond donors (Lipinski definition) is 1. The molecule has 0 spiro atoms. The standard InChI is InChI=1S/C14H23F2NOSi/c1-14(2,3)19(4,5)18-9-11-10(8-17)12(15)6-7-13(11)16/h6-7H,8-9,17H2,1-5H3. The topological polar surface area (TPSA) is 35.2 Å². The number of nitrogens with two attached hydrogens (primary N) is 1. The Balaban J connectivity index is 2.99. The fourth-order valence-corrected chi connectivity index (χ4v) is 2.42. The maximum absolute atomic E-state index is 13.8. The molecule has 2 N–H and O–H groups in total. The summed E-state index contributed by atoms with van der Waals surface area (Å²) in [6.45, 7) is 10.5. The molecule has 0 bridgehead atoms. The van der Waals surface area contributed by atoms with Gasteiger partial charge in [0.2, 0.25) is 0 Å². The third-order valence-corrected chi connectivity index (χ3v) is 8.38. The van der Waals surface area contributed by atoms with Crippen molar-refractivity contribution in [3.63, 3.8) is 0 Å². The van der Waals surface area contributed by atoms with Crippen LogP contribution in [0.2, 0.25) is 18.1 Å². The molecule has 0 amide bonds. The summed E-state index contributed by atoms with van der Waals surface area (Å²) in [6.07, 6.45) is 0. The Kier molecular flexibility index (Phi) is 4.87. The zero-order valence-electron chi connectivity index (χ0n) is 12.3. The zero-order chi connectivity index (χ0) is 14.8. The second-order valence-corrected chi connectivity index (χ2v) is 11.0. The van der Waals surface area contributed by atoms with E-state index in [0.717, 1.165) is 12.1 Å². The number of halogens is 2. The maximum Gasteiger partial charge on any atom is 0.192 e. The van der Waals surface area contributed by atoms with Gasteiger partial charge in [0.25, 0.3) is 0 Å². The molecule has 0 atom stereocenters. The minimum atomic E-state index is -1.99. The van der Waals surface area contributed by atoms with Gasteiger partial charge in [0.15, 0.2) is 8.32 Å². The Morgan fingerprint density at radius 3 is 2.00 bits per heavy atom. The van der Waals surface area contributed by atoms with E-state index in [2.05, 4.69) is 33.9 Å². The molecule has 1 aromatic carbocycles. The number of benzene rings is 1. The first-order valence-corrected chi connectivity index (χ1v) is 9.31. The van der Waals surface area contributed by atoms with Crippen LogP contribution in [-0.2, 0) is 17.6 Å². The van der Waals surface area contributed by atoms with E-state index in [0.29, 0.717) is 0 Å². The third-order valence-electron chi connectivity index (χ3n) is 3.90. The van der Waals surface area contributed by atoms with Gasteiger partial charge < -0.3 is 10.2 Å². The minimum absolute atomic E-state index is 0.0275. The molecule has 0 saturated heterocycles. The van der Waals surface area contributed by atoms with E-state index in [1.54, 1.807) is 0 Å². The van der Waals surface area contributed by atoms with Crippen LogP contribution in [0.25, 0.3) is 0 Å². The summed E-state index contributed by atoms with van der Waals surface area (Å²) in [7, 11) is -1.99. The molecule has 1 rings (SSSR count). The van der Waals surface area contributed by atoms with Gasteiger partial charge in [-0.05, 0) is 30.3 Å². The second-order valence-electron chi connectivity index (χ2n) is 6.24. The average Bonchev–Trinajstić information content (AvgIpc) is 2.28. The Hall–Kier alpha value is -0.783. The molecule has 0 aromatic heterocycles. The van der Waals surface area contributed by atoms with Crippen LogP contribution in [0.1, 0.15) is 31.9 Å². The molecule has 2 nitrogen and oxygen atoms in total. The summed E-state index contributed by atoms with van der Waals surface area (Å²) in [6, 6.07) is 2.23. The Morgan fingerprint density at radius 2 is 1.58 bits per heavy atom. The van der Waals surface area contributed by atoms with Gasteiger partial charge in [-0.2, -0.15) is 0 Å². The summed E-state index contributed by atoms with van der Waals surface area (Å²) in [5.74, 6) is -0.932. The van der Waals surface area contributed by atoms with Crippen molar-refractivity contribution in [2.45, 2.75) is 52.1 Å². The van der Waals surface area contributed by atoms with E-state index in [4.69, 9.17) is 10.2 Å². The zero-order valence-corrected chi connectivity index (χ0v) is 13.3. The van der Waals surface area contributed by atoms with Crippen molar-refractivity contribution in [2.24, 2.45) is 5.73 Å². The highest BCUT2D eigenvalue weighted by molar-refractivity contribution is 6.74. The molecule has 108 valence electrons. The maximum atomic E-state index is 13.8. The lowest BCUT2D eigenvalue weighted by Gasteiger charge is -2.36. The largest absolute Gasteiger partial charge is 0.412 e. The van der Waals surface area contributed by atoms with Crippen molar-refractivity contribution in [1.82, 2.24) is 0 Å². The lowest BCUT2D eigenvalue weighted by molar-refractivity contribution is 0.269. The molecular formula is C14H23F2NOSi. The van der Waals surface area contributed by atoms with Gasteiger partial charge in [0, 0.05) is 17.7 Å². The molecule has 0 radical (unpaired) electrons. The van der Waals surface area contributed by atoms with Crippen LogP contribution in [0.4, 0.5) is 8.78 Å². The van der Waals surface area contributed by atoms with Crippen molar-refractivity contribution >= 4 is 8.32 Å². The summed E-state index contributed by atoms with van der Waals surface area (Å²) < 4.78 is 33.3. The predicted molar refractivity (Wildman–Crippen MR) is 76.2 cm³/mol. The lowest BCUT2D eigenvalue weighted by Crippen LogP contribution is -2.40. The molecule has 0 saturated carbocycles. The quantitative estimate of drug-likeness (QED) is 0.851. The molecule has 0 unspecified atom stereocenters. The Morgan fingerprint density at radius 1 is 1.11 bits per heavy atom. The highest BCUT2D eigenvalue weighted by Gasteiger charge is 2.37. The fraction of sp³-hybridized carbons (Fsp3) is 0.571. The molecular weight excluding hydrogens is 264 g/mol. The van der Waals surface area contributed by atoms with Crippen molar-refractivity contribution in [2.75, 3.05) is 0 Å². The third kappa shape index (κ3) is 3.61. The van der Waals surface area contributed by atoms with Crippen LogP contribution in [0, 0.1) is 11.6 Å². The first-order chi connectivity index (χ1) is 8.60. The van der Waals surface area contributed by atoms with Gasteiger partial charge in [-0.3, -0.25) is 0 Å². The first-order valence-electron chi connectivity index (χ1n) is 6.40. The molecule has 5 heteroatoms. The Labute approximate surface area is 115 Å². The van der Waals surface area contributed by atoms with Crippen molar-refractivity contribution in [1.29, 1.82) is 0 Å². The molecule has 19 heavy (non-hydrogen) atoms. The van der Waals surface area contributed by atoms with E-state index in [9.17, 15) is 8.78 Å². The Bertz CT molecular complexity index is 455. The summed E-state index contributed by atoms with van der Waals surface area (Å²) >= 11 is 0. The normalized spacial score (nSPS) is 12.8. The van der Waals surface area contributed by atoms with Crippen LogP contribution in [0.3, 0.4) is 0 Å². The van der Waals surface area contributed by atoms with E-state index < -0.39 is 20.0 Å². The first kappa shape index (κ1) is 16.3. The second kappa shape index (κ2) is 5.69. The smallest absolute Gasteiger partial charge is 0.192 e. The van der Waals surface area contributed by atoms with E-state index >= 15 is 0 Å². The van der Waals surface area contributed by atoms with Crippen molar-refractivity contribution < 1.29 is 13.2 Å². The van der Waals surface area contributed by atoms with Crippen LogP contribution >= 0.6 is 0 Å². The molecule has 0 aliphatic rings. The highest BCUT2D eigenvalue weighted by atomic mass is 28.4. The van der Waals surface area contributed by atoms with Gasteiger partial charge in [-0.25, -0.2) is 8.78 Å². The van der Waals surface area contributed by atoms with Gasteiger partial charge in [-0.15, -0.1) is 0 Å². The van der Waals surface area contributed by atoms with Gasteiger partial charge in [0.1, 0.15) is 11.6 Å². The van der Waals surface area contributed by atoms with Crippen LogP contribution < -0.4 is 5.73 Å². The van der Waals surface area contributed by atoms with Crippen LogP contribution in [0.15, 0.2) is 12.1 Å². The van der Waals surface area contributed by atoms with Crippen LogP contribution in [-0.4, -0.2) is 8.32 Å². The van der Waals surface area contributed by atoms with E-state index in [1.165, 1.54) is 0 Å². The van der Waals surface area contributed by atoms with Crippen molar-refractivity contribution in [3.8, 4) is 0 Å². The minimum Gasteiger partial charge on any atom is -0.412 e. The fourth-order valence-electron chi connectivity index (χ4n) is 1.48. The molecule has 0 heterocycles. The van der Waals surface area contributed by atoms with E-state index in [-0.39, 0.29) is 29.3 Å². The van der Waals surface area contributed by atoms with E-state index in [1.807, 2.05) is 0 Å². The average molecular weight is 287 g/mol. The van der Waals surface area contributed by atoms with Crippen molar-refractivity contribution in [3.05, 3.63) is 34.9 Å². The number of rotatable bonds is 4. The van der Waals surface area contributed by atoms with Gasteiger partial charge in [0.05, 0.1) is 6.61 Å². The summed E-state index contributed by atoms with van der Waals surface area (Å²) in [5, 5.41) is 0.0275. The highest BCUT2D eigenvalue weighted by Crippen LogP contribution is 2.37. The SMILES string of the molecule is CC(C)(C)[Si](C)(C)OCc1c(F)ccc(F)c1CN. The number of hydrogen-bond acceptors (Lipinski definition) is 2. The molecule has 1 aromatic rings. The van der Waals surface area contributed by atoms with Crippen LogP contribution in [0.5, 0.6) is 0 Å².